The number of hydrazone groups is 1. The van der Waals surface area contributed by atoms with Crippen molar-refractivity contribution in [1.29, 1.82) is 0 Å². The molecule has 7 heteroatoms. The van der Waals surface area contributed by atoms with Gasteiger partial charge in [-0.2, -0.15) is 5.10 Å². The maximum absolute atomic E-state index is 12.6. The third-order valence-electron chi connectivity index (χ3n) is 4.85. The fourth-order valence-corrected chi connectivity index (χ4v) is 3.26. The Bertz CT molecular complexity index is 1340. The van der Waals surface area contributed by atoms with E-state index < -0.39 is 17.7 Å². The van der Waals surface area contributed by atoms with Crippen molar-refractivity contribution in [2.75, 3.05) is 10.6 Å². The van der Waals surface area contributed by atoms with Crippen LogP contribution in [0, 0.1) is 0 Å². The molecule has 0 aliphatic heterocycles. The predicted octanol–water partition coefficient (Wildman–Crippen LogP) is 4.18. The molecule has 0 aliphatic carbocycles. The number of amides is 3. The fourth-order valence-electron chi connectivity index (χ4n) is 3.26. The van der Waals surface area contributed by atoms with Gasteiger partial charge in [-0.05, 0) is 35.0 Å². The minimum Gasteiger partial charge on any atom is -0.322 e. The van der Waals surface area contributed by atoms with Crippen molar-refractivity contribution in [2.45, 2.75) is 0 Å². The van der Waals surface area contributed by atoms with E-state index in [4.69, 9.17) is 0 Å². The molecule has 0 unspecified atom stereocenters. The predicted molar refractivity (Wildman–Crippen MR) is 129 cm³/mol. The first-order valence-electron chi connectivity index (χ1n) is 10.2. The number of anilines is 2. The van der Waals surface area contributed by atoms with Crippen molar-refractivity contribution in [2.24, 2.45) is 5.10 Å². The summed E-state index contributed by atoms with van der Waals surface area (Å²) in [5.74, 6) is -2.30. The first-order chi connectivity index (χ1) is 16.1. The van der Waals surface area contributed by atoms with Crippen LogP contribution < -0.4 is 16.1 Å². The summed E-state index contributed by atoms with van der Waals surface area (Å²) in [4.78, 5) is 37.2. The molecule has 0 fully saturated rings. The largest absolute Gasteiger partial charge is 0.329 e. The van der Waals surface area contributed by atoms with Crippen LogP contribution in [-0.4, -0.2) is 23.9 Å². The van der Waals surface area contributed by atoms with Crippen LogP contribution in [-0.2, 0) is 9.59 Å². The smallest absolute Gasteiger partial charge is 0.322 e. The van der Waals surface area contributed by atoms with Gasteiger partial charge in [-0.3, -0.25) is 14.4 Å². The summed E-state index contributed by atoms with van der Waals surface area (Å²) < 4.78 is 0. The summed E-state index contributed by atoms with van der Waals surface area (Å²) in [6, 6.07) is 28.9. The fraction of sp³-hybridized carbons (Fsp3) is 0. The van der Waals surface area contributed by atoms with Gasteiger partial charge in [-0.15, -0.1) is 0 Å². The Labute approximate surface area is 190 Å². The molecule has 4 aromatic carbocycles. The van der Waals surface area contributed by atoms with E-state index in [1.165, 1.54) is 6.21 Å². The maximum Gasteiger partial charge on any atom is 0.329 e. The Balaban J connectivity index is 1.41. The van der Waals surface area contributed by atoms with Crippen LogP contribution in [0.2, 0.25) is 0 Å². The summed E-state index contributed by atoms with van der Waals surface area (Å²) in [5, 5.41) is 11.1. The van der Waals surface area contributed by atoms with Gasteiger partial charge >= 0.3 is 11.8 Å². The molecule has 0 aromatic heterocycles. The number of carbonyl (C=O) groups excluding carboxylic acids is 3. The number of carbonyl (C=O) groups is 3. The molecule has 33 heavy (non-hydrogen) atoms. The number of nitrogens with zero attached hydrogens (tertiary/aromatic N) is 1. The molecule has 0 atom stereocenters. The number of para-hydroxylation sites is 2. The minimum atomic E-state index is -0.954. The Morgan fingerprint density at radius 2 is 1.36 bits per heavy atom. The molecule has 7 nitrogen and oxygen atoms in total. The molecule has 0 aliphatic rings. The zero-order valence-corrected chi connectivity index (χ0v) is 17.5. The van der Waals surface area contributed by atoms with Crippen LogP contribution in [0.4, 0.5) is 11.4 Å². The SMILES string of the molecule is O=C(N/N=C\c1cccc2ccccc12)C(=O)Nc1ccccc1C(=O)Nc1ccccc1. The first kappa shape index (κ1) is 21.5. The molecule has 4 aromatic rings. The van der Waals surface area contributed by atoms with Crippen LogP contribution in [0.3, 0.4) is 0 Å². The first-order valence-corrected chi connectivity index (χ1v) is 10.2. The van der Waals surface area contributed by atoms with Crippen molar-refractivity contribution in [3.8, 4) is 0 Å². The van der Waals surface area contributed by atoms with Crippen LogP contribution in [0.15, 0.2) is 102 Å². The van der Waals surface area contributed by atoms with Gasteiger partial charge in [-0.1, -0.05) is 72.8 Å². The van der Waals surface area contributed by atoms with E-state index >= 15 is 0 Å². The van der Waals surface area contributed by atoms with Crippen molar-refractivity contribution >= 4 is 46.1 Å². The van der Waals surface area contributed by atoms with Crippen LogP contribution in [0.1, 0.15) is 15.9 Å². The molecule has 0 heterocycles. The lowest BCUT2D eigenvalue weighted by Gasteiger charge is -2.11. The highest BCUT2D eigenvalue weighted by molar-refractivity contribution is 6.40. The number of hydrogen-bond donors (Lipinski definition) is 3. The van der Waals surface area contributed by atoms with Crippen molar-refractivity contribution in [1.82, 2.24) is 5.43 Å². The average molecular weight is 436 g/mol. The molecule has 0 bridgehead atoms. The van der Waals surface area contributed by atoms with E-state index in [0.29, 0.717) is 5.69 Å². The number of benzene rings is 4. The molecule has 4 rings (SSSR count). The lowest BCUT2D eigenvalue weighted by Crippen LogP contribution is -2.33. The number of nitrogens with one attached hydrogen (secondary N) is 3. The van der Waals surface area contributed by atoms with Gasteiger partial charge in [0, 0.05) is 11.3 Å². The molecule has 3 N–H and O–H groups in total. The van der Waals surface area contributed by atoms with E-state index in [9.17, 15) is 14.4 Å². The van der Waals surface area contributed by atoms with E-state index in [2.05, 4.69) is 21.2 Å². The summed E-state index contributed by atoms with van der Waals surface area (Å²) in [6.07, 6.45) is 1.48. The summed E-state index contributed by atoms with van der Waals surface area (Å²) in [6.45, 7) is 0. The second-order valence-corrected chi connectivity index (χ2v) is 7.09. The molecular formula is C26H20N4O3. The minimum absolute atomic E-state index is 0.212. The van der Waals surface area contributed by atoms with Crippen LogP contribution >= 0.6 is 0 Å². The summed E-state index contributed by atoms with van der Waals surface area (Å²) in [5.41, 5.74) is 4.08. The molecule has 0 spiro atoms. The van der Waals surface area contributed by atoms with Crippen LogP contribution in [0.25, 0.3) is 10.8 Å². The van der Waals surface area contributed by atoms with E-state index in [-0.39, 0.29) is 11.3 Å². The Hall–Kier alpha value is -4.78. The monoisotopic (exact) mass is 436 g/mol. The highest BCUT2D eigenvalue weighted by Gasteiger charge is 2.17. The number of rotatable bonds is 5. The van der Waals surface area contributed by atoms with Crippen molar-refractivity contribution in [3.05, 3.63) is 108 Å². The van der Waals surface area contributed by atoms with Crippen molar-refractivity contribution in [3.63, 3.8) is 0 Å². The highest BCUT2D eigenvalue weighted by Crippen LogP contribution is 2.18. The Morgan fingerprint density at radius 3 is 2.21 bits per heavy atom. The van der Waals surface area contributed by atoms with Crippen molar-refractivity contribution < 1.29 is 14.4 Å². The average Bonchev–Trinajstić information content (AvgIpc) is 2.85. The lowest BCUT2D eigenvalue weighted by atomic mass is 10.1. The number of fused-ring (bicyclic) bond motifs is 1. The van der Waals surface area contributed by atoms with E-state index in [1.807, 2.05) is 48.5 Å². The lowest BCUT2D eigenvalue weighted by molar-refractivity contribution is -0.136. The zero-order chi connectivity index (χ0) is 23.0. The normalized spacial score (nSPS) is 10.7. The molecule has 0 saturated heterocycles. The van der Waals surface area contributed by atoms with Gasteiger partial charge in [0.15, 0.2) is 0 Å². The van der Waals surface area contributed by atoms with Gasteiger partial charge in [0.2, 0.25) is 0 Å². The third kappa shape index (κ3) is 5.29. The summed E-state index contributed by atoms with van der Waals surface area (Å²) >= 11 is 0. The number of hydrogen-bond acceptors (Lipinski definition) is 4. The van der Waals surface area contributed by atoms with Gasteiger partial charge in [0.1, 0.15) is 0 Å². The quantitative estimate of drug-likeness (QED) is 0.249. The molecule has 0 radical (unpaired) electrons. The highest BCUT2D eigenvalue weighted by atomic mass is 16.2. The maximum atomic E-state index is 12.6. The Morgan fingerprint density at radius 1 is 0.667 bits per heavy atom. The summed E-state index contributed by atoms with van der Waals surface area (Å²) in [7, 11) is 0. The molecule has 162 valence electrons. The topological polar surface area (TPSA) is 99.7 Å². The zero-order valence-electron chi connectivity index (χ0n) is 17.5. The van der Waals surface area contributed by atoms with Gasteiger partial charge in [0.25, 0.3) is 5.91 Å². The molecule has 0 saturated carbocycles. The van der Waals surface area contributed by atoms with Crippen LogP contribution in [0.5, 0.6) is 0 Å². The standard InChI is InChI=1S/C26H20N4O3/c31-24(28-20-12-2-1-3-13-20)22-15-6-7-16-23(22)29-25(32)26(33)30-27-17-19-11-8-10-18-9-4-5-14-21(18)19/h1-17H,(H,28,31)(H,29,32)(H,30,33)/b27-17-. The second kappa shape index (κ2) is 10.0. The van der Waals surface area contributed by atoms with E-state index in [0.717, 1.165) is 16.3 Å². The van der Waals surface area contributed by atoms with Gasteiger partial charge in [0.05, 0.1) is 17.5 Å². The molecule has 3 amide bonds. The third-order valence-corrected chi connectivity index (χ3v) is 4.85. The molecular weight excluding hydrogens is 416 g/mol. The van der Waals surface area contributed by atoms with E-state index in [1.54, 1.807) is 48.5 Å². The Kier molecular flexibility index (Phi) is 6.51. The second-order valence-electron chi connectivity index (χ2n) is 7.09. The van der Waals surface area contributed by atoms with Gasteiger partial charge < -0.3 is 10.6 Å². The van der Waals surface area contributed by atoms with Gasteiger partial charge in [-0.25, -0.2) is 5.43 Å².